The highest BCUT2D eigenvalue weighted by Crippen LogP contribution is 2.51. The monoisotopic (exact) mass is 1850 g/mol. The van der Waals surface area contributed by atoms with Gasteiger partial charge in [0.25, 0.3) is 0 Å². The van der Waals surface area contributed by atoms with E-state index in [4.69, 9.17) is 49.3 Å². The topological polar surface area (TPSA) is 139 Å². The summed E-state index contributed by atoms with van der Waals surface area (Å²) >= 11 is 1.88. The third kappa shape index (κ3) is 15.9. The van der Waals surface area contributed by atoms with Crippen molar-refractivity contribution in [2.45, 2.75) is 5.92 Å². The van der Waals surface area contributed by atoms with Gasteiger partial charge in [-0.1, -0.05) is 413 Å². The summed E-state index contributed by atoms with van der Waals surface area (Å²) in [6, 6.07) is 173. The number of rotatable bonds is 15. The molecule has 20 aromatic carbocycles. The fourth-order valence-electron chi connectivity index (χ4n) is 20.3. The minimum atomic E-state index is -0.183. The van der Waals surface area contributed by atoms with Gasteiger partial charge in [-0.3, -0.25) is 0 Å². The van der Waals surface area contributed by atoms with E-state index in [0.29, 0.717) is 46.6 Å². The van der Waals surface area contributed by atoms with Gasteiger partial charge in [0.15, 0.2) is 46.6 Å². The summed E-state index contributed by atoms with van der Waals surface area (Å²) in [6.45, 7) is 0. The lowest BCUT2D eigenvalue weighted by Gasteiger charge is -2.16. The van der Waals surface area contributed by atoms with Gasteiger partial charge in [0, 0.05) is 114 Å². The van der Waals surface area contributed by atoms with Crippen LogP contribution >= 0.6 is 11.3 Å². The van der Waals surface area contributed by atoms with Crippen LogP contribution in [0.25, 0.3) is 244 Å². The van der Waals surface area contributed by atoms with Crippen LogP contribution in [0.5, 0.6) is 0 Å². The fraction of sp³-hybridized carbons (Fsp3) is 0.00769. The van der Waals surface area contributed by atoms with Crippen molar-refractivity contribution >= 4 is 97.1 Å². The molecule has 0 amide bonds. The lowest BCUT2D eigenvalue weighted by Crippen LogP contribution is -2.09. The number of benzene rings is 20. The van der Waals surface area contributed by atoms with E-state index in [9.17, 15) is 0 Å². The highest BCUT2D eigenvalue weighted by Gasteiger charge is 2.34. The van der Waals surface area contributed by atoms with Crippen LogP contribution in [0.4, 0.5) is 0 Å². The summed E-state index contributed by atoms with van der Waals surface area (Å²) in [4.78, 5) is 45.2. The Labute approximate surface area is 828 Å². The summed E-state index contributed by atoms with van der Waals surface area (Å²) in [7, 11) is 0. The normalized spacial score (nSPS) is 12.1. The first-order valence-electron chi connectivity index (χ1n) is 48.0. The van der Waals surface area contributed by atoms with E-state index in [0.717, 1.165) is 117 Å². The molecule has 0 radical (unpaired) electrons. The molecule has 7 aromatic heterocycles. The molecule has 0 fully saturated rings. The van der Waals surface area contributed by atoms with Gasteiger partial charge >= 0.3 is 0 Å². The molecule has 0 saturated carbocycles. The second-order valence-electron chi connectivity index (χ2n) is 35.7. The smallest absolute Gasteiger partial charge is 0.164 e. The lowest BCUT2D eigenvalue weighted by atomic mass is 9.92. The molecular formula is C130H83N11OS. The van der Waals surface area contributed by atoms with Gasteiger partial charge in [-0.15, -0.1) is 11.3 Å². The molecule has 143 heavy (non-hydrogen) atoms. The minimum absolute atomic E-state index is 0.183. The minimum Gasteiger partial charge on any atom is -0.455 e. The molecular weight excluding hydrogens is 1760 g/mol. The molecule has 0 spiro atoms. The van der Waals surface area contributed by atoms with Crippen LogP contribution in [-0.2, 0) is 0 Å². The van der Waals surface area contributed by atoms with Crippen molar-refractivity contribution < 1.29 is 4.42 Å². The molecule has 28 rings (SSSR count). The largest absolute Gasteiger partial charge is 0.455 e. The maximum atomic E-state index is 6.47. The average Bonchev–Trinajstić information content (AvgIpc) is 1.56. The van der Waals surface area contributed by atoms with Gasteiger partial charge in [-0.2, -0.15) is 0 Å². The van der Waals surface area contributed by atoms with Crippen LogP contribution < -0.4 is 0 Å². The Morgan fingerprint density at radius 2 is 0.566 bits per heavy atom. The molecule has 1 aliphatic rings. The Hall–Kier alpha value is -19.0. The van der Waals surface area contributed by atoms with Crippen LogP contribution in [0.15, 0.2) is 502 Å². The number of aromatic nitrogens is 11. The van der Waals surface area contributed by atoms with Crippen LogP contribution in [-0.4, -0.2) is 54.0 Å². The number of hydrogen-bond acceptors (Lipinski definition) is 11. The van der Waals surface area contributed by atoms with E-state index in [1.54, 1.807) is 0 Å². The Balaban J connectivity index is 0.000000110. The van der Waals surface area contributed by atoms with Crippen molar-refractivity contribution in [3.63, 3.8) is 0 Å². The zero-order chi connectivity index (χ0) is 94.6. The van der Waals surface area contributed by atoms with Gasteiger partial charge in [0.2, 0.25) is 0 Å². The Bertz CT molecular complexity index is 9400. The molecule has 0 N–H and O–H groups in total. The summed E-state index contributed by atoms with van der Waals surface area (Å²) in [5.41, 5.74) is 30.2. The Morgan fingerprint density at radius 1 is 0.196 bits per heavy atom. The zero-order valence-electron chi connectivity index (χ0n) is 77.2. The Morgan fingerprint density at radius 3 is 1.14 bits per heavy atom. The van der Waals surface area contributed by atoms with Gasteiger partial charge in [0.1, 0.15) is 17.0 Å². The molecule has 7 heterocycles. The molecule has 1 atom stereocenters. The number of fused-ring (bicyclic) bond motifs is 16. The number of para-hydroxylation sites is 3. The summed E-state index contributed by atoms with van der Waals surface area (Å²) < 4.78 is 13.9. The standard InChI is InChI=1S/C46H29N3O.C45H28N4S.C39H26N4/c1-3-13-29(14-4-1)31-17-11-18-33(27-31)45-47-44(30-15-5-2-6-16-30)48-46(49-45)42-38-21-8-7-19-35(38)36-26-25-32(28-40(36)42)34-22-12-23-39-37-20-9-10-24-41(37)50-43(34)39;1-4-12-29(13-5-1)33-22-25-37-39(28-33)49(38-27-26-36-35-18-10-11-19-40(35)50-42(36)41(37)38)34-23-20-32(21-24-34)45-47-43(30-14-6-2-7-15-30)46-44(48-45)31-16-8-3-9-17-31;1-4-13-27(14-5-1)30-23-24-34-33-21-10-11-22-35(33)43(36(34)26-30)32-20-12-19-31(25-32)39-41-37(28-15-6-2-7-16-28)40-38(42-39)29-17-8-3-9-18-29/h1-28,42H;1-28H;1-26H. The second-order valence-corrected chi connectivity index (χ2v) is 36.8. The van der Waals surface area contributed by atoms with Crippen LogP contribution in [0.1, 0.15) is 22.9 Å². The first kappa shape index (κ1) is 84.5. The summed E-state index contributed by atoms with van der Waals surface area (Å²) in [5.74, 6) is 5.75. The number of thiophene rings is 1. The highest BCUT2D eigenvalue weighted by molar-refractivity contribution is 7.26. The van der Waals surface area contributed by atoms with Crippen molar-refractivity contribution in [2.75, 3.05) is 0 Å². The number of hydrogen-bond donors (Lipinski definition) is 0. The van der Waals surface area contributed by atoms with Crippen LogP contribution in [0, 0.1) is 0 Å². The van der Waals surface area contributed by atoms with E-state index in [-0.39, 0.29) is 5.92 Å². The predicted molar refractivity (Wildman–Crippen MR) is 586 cm³/mol. The quantitative estimate of drug-likeness (QED) is 0.0975. The van der Waals surface area contributed by atoms with Gasteiger partial charge in [-0.25, -0.2) is 44.9 Å². The Kier molecular flexibility index (Phi) is 21.6. The van der Waals surface area contributed by atoms with E-state index >= 15 is 0 Å². The summed E-state index contributed by atoms with van der Waals surface area (Å²) in [6.07, 6.45) is 0. The van der Waals surface area contributed by atoms with Crippen LogP contribution in [0.3, 0.4) is 0 Å². The third-order valence-electron chi connectivity index (χ3n) is 27.1. The molecule has 1 unspecified atom stereocenters. The second kappa shape index (κ2) is 36.5. The maximum absolute atomic E-state index is 6.47. The molecule has 0 saturated heterocycles. The lowest BCUT2D eigenvalue weighted by molar-refractivity contribution is 0.670. The SMILES string of the molecule is c1ccc(-c2ccc3c4c5sc6ccccc6c5ccc4n(-c4ccc(-c5nc(-c6ccccc6)nc(-c6ccccc6)n5)cc4)c3c2)cc1.c1ccc(-c2ccc3c4ccccc4n(-c4cccc(-c5nc(-c6ccccc6)nc(-c6ccccc6)n5)c4)c3c2)cc1.c1ccc(-c2cccc(-c3nc(-c4ccccc4)nc(C4c5ccccc5-c5ccc(-c6cccc7c6oc6ccccc67)cc54)n3)c2)cc1. The molecule has 1 aliphatic carbocycles. The molecule has 0 bridgehead atoms. The van der Waals surface area contributed by atoms with Crippen molar-refractivity contribution in [1.82, 2.24) is 54.0 Å². The van der Waals surface area contributed by atoms with Gasteiger partial charge in [0.05, 0.1) is 28.0 Å². The predicted octanol–water partition coefficient (Wildman–Crippen LogP) is 33.2. The summed E-state index contributed by atoms with van der Waals surface area (Å²) in [5, 5.41) is 9.84. The zero-order valence-corrected chi connectivity index (χ0v) is 78.0. The van der Waals surface area contributed by atoms with E-state index in [2.05, 4.69) is 349 Å². The third-order valence-corrected chi connectivity index (χ3v) is 28.3. The number of furan rings is 1. The fourth-order valence-corrected chi connectivity index (χ4v) is 21.6. The van der Waals surface area contributed by atoms with Crippen LogP contribution in [0.2, 0.25) is 0 Å². The number of nitrogens with zero attached hydrogens (tertiary/aromatic N) is 11. The first-order chi connectivity index (χ1) is 70.9. The van der Waals surface area contributed by atoms with E-state index in [1.165, 1.54) is 97.3 Å². The molecule has 27 aromatic rings. The molecule has 13 heteroatoms. The first-order valence-corrected chi connectivity index (χ1v) is 48.8. The molecule has 670 valence electrons. The van der Waals surface area contributed by atoms with Crippen molar-refractivity contribution in [1.29, 1.82) is 0 Å². The molecule has 0 aliphatic heterocycles. The highest BCUT2D eigenvalue weighted by atomic mass is 32.1. The van der Waals surface area contributed by atoms with Crippen molar-refractivity contribution in [2.24, 2.45) is 0 Å². The van der Waals surface area contributed by atoms with Gasteiger partial charge < -0.3 is 13.6 Å². The average molecular weight is 1850 g/mol. The van der Waals surface area contributed by atoms with Gasteiger partial charge in [-0.05, 0) is 146 Å². The maximum Gasteiger partial charge on any atom is 0.164 e. The molecule has 12 nitrogen and oxygen atoms in total. The van der Waals surface area contributed by atoms with Crippen molar-refractivity contribution in [3.05, 3.63) is 514 Å². The van der Waals surface area contributed by atoms with E-state index < -0.39 is 0 Å². The van der Waals surface area contributed by atoms with E-state index in [1.807, 2.05) is 169 Å². The van der Waals surface area contributed by atoms with Crippen molar-refractivity contribution in [3.8, 4) is 158 Å².